The number of aromatic nitrogens is 1. The van der Waals surface area contributed by atoms with Crippen molar-refractivity contribution in [2.24, 2.45) is 5.16 Å². The maximum absolute atomic E-state index is 8.47. The molecule has 3 heterocycles. The highest BCUT2D eigenvalue weighted by Crippen LogP contribution is 2.41. The number of pyridine rings is 1. The van der Waals surface area contributed by atoms with Crippen LogP contribution >= 0.6 is 23.1 Å². The highest BCUT2D eigenvalue weighted by atomic mass is 32.2. The van der Waals surface area contributed by atoms with Crippen LogP contribution in [-0.4, -0.2) is 37.6 Å². The van der Waals surface area contributed by atoms with E-state index >= 15 is 0 Å². The van der Waals surface area contributed by atoms with Crippen molar-refractivity contribution in [1.82, 2.24) is 4.98 Å². The standard InChI is InChI=1S/C19H21N3O3S2/c1-14(22-25-10-7-20)15-3-4-17(21-12-15)27-18-11-16(13-26-18)19(23-2)5-8-24-9-6-19/h3-4,11-13H,5-6,8-10H2,1-2H3/b22-14+. The quantitative estimate of drug-likeness (QED) is 0.391. The van der Waals surface area contributed by atoms with Crippen LogP contribution in [0.1, 0.15) is 30.9 Å². The van der Waals surface area contributed by atoms with Crippen LogP contribution in [0.4, 0.5) is 0 Å². The molecule has 8 heteroatoms. The van der Waals surface area contributed by atoms with Crippen LogP contribution in [0.15, 0.2) is 44.2 Å². The van der Waals surface area contributed by atoms with Gasteiger partial charge in [0.05, 0.1) is 15.5 Å². The number of hydrogen-bond acceptors (Lipinski definition) is 8. The van der Waals surface area contributed by atoms with Gasteiger partial charge in [-0.3, -0.25) is 0 Å². The molecular weight excluding hydrogens is 382 g/mol. The Bertz CT molecular complexity index is 821. The van der Waals surface area contributed by atoms with Crippen LogP contribution in [0.2, 0.25) is 0 Å². The molecule has 2 aromatic rings. The van der Waals surface area contributed by atoms with E-state index < -0.39 is 0 Å². The van der Waals surface area contributed by atoms with Gasteiger partial charge in [0.25, 0.3) is 0 Å². The lowest BCUT2D eigenvalue weighted by molar-refractivity contribution is -0.0946. The average Bonchev–Trinajstić information content (AvgIpc) is 3.18. The lowest BCUT2D eigenvalue weighted by Crippen LogP contribution is -2.35. The summed E-state index contributed by atoms with van der Waals surface area (Å²) in [5, 5.41) is 15.5. The summed E-state index contributed by atoms with van der Waals surface area (Å²) in [6.45, 7) is 3.22. The van der Waals surface area contributed by atoms with E-state index in [1.54, 1.807) is 36.4 Å². The topological polar surface area (TPSA) is 76.7 Å². The van der Waals surface area contributed by atoms with Gasteiger partial charge >= 0.3 is 0 Å². The number of ether oxygens (including phenoxy) is 2. The first-order valence-corrected chi connectivity index (χ1v) is 10.3. The first-order valence-electron chi connectivity index (χ1n) is 8.56. The molecule has 0 radical (unpaired) electrons. The molecule has 0 spiro atoms. The fourth-order valence-corrected chi connectivity index (χ4v) is 4.84. The summed E-state index contributed by atoms with van der Waals surface area (Å²) in [7, 11) is 1.78. The van der Waals surface area contributed by atoms with Crippen molar-refractivity contribution < 1.29 is 14.3 Å². The molecule has 1 aliphatic rings. The van der Waals surface area contributed by atoms with Crippen molar-refractivity contribution in [3.63, 3.8) is 0 Å². The van der Waals surface area contributed by atoms with E-state index in [9.17, 15) is 0 Å². The minimum Gasteiger partial charge on any atom is -0.381 e. The number of nitrogens with zero attached hydrogens (tertiary/aromatic N) is 3. The van der Waals surface area contributed by atoms with Gasteiger partial charge in [0, 0.05) is 44.9 Å². The second-order valence-electron chi connectivity index (χ2n) is 6.06. The summed E-state index contributed by atoms with van der Waals surface area (Å²) in [5.74, 6) is 0. The van der Waals surface area contributed by atoms with Crippen LogP contribution in [0.25, 0.3) is 0 Å². The Hall–Kier alpha value is -1.92. The maximum atomic E-state index is 8.47. The molecule has 0 aliphatic carbocycles. The average molecular weight is 404 g/mol. The molecule has 0 aromatic carbocycles. The number of hydrogen-bond donors (Lipinski definition) is 0. The van der Waals surface area contributed by atoms with E-state index in [0.717, 1.165) is 36.6 Å². The van der Waals surface area contributed by atoms with Crippen LogP contribution in [0.5, 0.6) is 0 Å². The largest absolute Gasteiger partial charge is 0.381 e. The third-order valence-electron chi connectivity index (χ3n) is 4.48. The number of methoxy groups -OCH3 is 1. The van der Waals surface area contributed by atoms with Crippen molar-refractivity contribution in [2.45, 2.75) is 34.6 Å². The Morgan fingerprint density at radius 2 is 2.26 bits per heavy atom. The van der Waals surface area contributed by atoms with Crippen LogP contribution in [-0.2, 0) is 19.9 Å². The molecular formula is C19H21N3O3S2. The molecule has 0 atom stereocenters. The van der Waals surface area contributed by atoms with Gasteiger partial charge in [0.2, 0.25) is 6.61 Å². The lowest BCUT2D eigenvalue weighted by Gasteiger charge is -2.35. The molecule has 0 bridgehead atoms. The zero-order chi connectivity index (χ0) is 19.1. The van der Waals surface area contributed by atoms with Crippen LogP contribution in [0, 0.1) is 11.3 Å². The molecule has 1 aliphatic heterocycles. The lowest BCUT2D eigenvalue weighted by atomic mass is 9.88. The molecule has 1 saturated heterocycles. The highest BCUT2D eigenvalue weighted by Gasteiger charge is 2.35. The number of oxime groups is 1. The van der Waals surface area contributed by atoms with E-state index in [4.69, 9.17) is 19.6 Å². The maximum Gasteiger partial charge on any atom is 0.202 e. The number of nitriles is 1. The summed E-state index contributed by atoms with van der Waals surface area (Å²) in [6, 6.07) is 7.99. The van der Waals surface area contributed by atoms with E-state index in [2.05, 4.69) is 21.6 Å². The Morgan fingerprint density at radius 1 is 1.44 bits per heavy atom. The number of rotatable bonds is 7. The fraction of sp³-hybridized carbons (Fsp3) is 0.421. The van der Waals surface area contributed by atoms with Crippen molar-refractivity contribution in [2.75, 3.05) is 26.9 Å². The Morgan fingerprint density at radius 3 is 2.93 bits per heavy atom. The molecule has 2 aromatic heterocycles. The molecule has 3 rings (SSSR count). The van der Waals surface area contributed by atoms with Gasteiger partial charge < -0.3 is 14.3 Å². The van der Waals surface area contributed by atoms with Crippen molar-refractivity contribution >= 4 is 28.8 Å². The predicted octanol–water partition coefficient (Wildman–Crippen LogP) is 4.21. The zero-order valence-corrected chi connectivity index (χ0v) is 16.9. The van der Waals surface area contributed by atoms with E-state index in [0.29, 0.717) is 5.71 Å². The second-order valence-corrected chi connectivity index (χ2v) is 8.29. The molecule has 27 heavy (non-hydrogen) atoms. The minimum atomic E-state index is -0.234. The predicted molar refractivity (Wildman–Crippen MR) is 105 cm³/mol. The zero-order valence-electron chi connectivity index (χ0n) is 15.3. The third kappa shape index (κ3) is 4.87. The Kier molecular flexibility index (Phi) is 6.85. The normalized spacial score (nSPS) is 16.7. The van der Waals surface area contributed by atoms with Gasteiger partial charge in [0.15, 0.2) is 0 Å². The number of thiophene rings is 1. The summed E-state index contributed by atoms with van der Waals surface area (Å²) >= 11 is 3.33. The molecule has 142 valence electrons. The molecule has 0 amide bonds. The van der Waals surface area contributed by atoms with E-state index in [-0.39, 0.29) is 12.2 Å². The summed E-state index contributed by atoms with van der Waals surface area (Å²) in [5.41, 5.74) is 2.54. The van der Waals surface area contributed by atoms with Gasteiger partial charge in [-0.25, -0.2) is 4.98 Å². The van der Waals surface area contributed by atoms with E-state index in [1.807, 2.05) is 25.1 Å². The van der Waals surface area contributed by atoms with Crippen LogP contribution in [0.3, 0.4) is 0 Å². The first-order chi connectivity index (χ1) is 13.2. The van der Waals surface area contributed by atoms with Gasteiger partial charge in [-0.1, -0.05) is 16.9 Å². The molecule has 6 nitrogen and oxygen atoms in total. The molecule has 1 fully saturated rings. The molecule has 0 saturated carbocycles. The van der Waals surface area contributed by atoms with Crippen molar-refractivity contribution in [1.29, 1.82) is 5.26 Å². The van der Waals surface area contributed by atoms with Gasteiger partial charge in [-0.05, 0) is 36.1 Å². The summed E-state index contributed by atoms with van der Waals surface area (Å²) in [4.78, 5) is 9.38. The summed E-state index contributed by atoms with van der Waals surface area (Å²) < 4.78 is 12.5. The fourth-order valence-electron chi connectivity index (χ4n) is 2.89. The van der Waals surface area contributed by atoms with Gasteiger partial charge in [-0.15, -0.1) is 11.3 Å². The second kappa shape index (κ2) is 9.33. The van der Waals surface area contributed by atoms with E-state index in [1.165, 1.54) is 9.77 Å². The minimum absolute atomic E-state index is 0.0610. The highest BCUT2D eigenvalue weighted by molar-refractivity contribution is 8.01. The Balaban J connectivity index is 1.67. The molecule has 0 unspecified atom stereocenters. The first kappa shape index (κ1) is 19.8. The monoisotopic (exact) mass is 403 g/mol. The SMILES string of the molecule is COC1(c2csc(Sc3ccc(/C(C)=N/OCC#N)cn3)c2)CCOCC1. The van der Waals surface area contributed by atoms with Crippen LogP contribution < -0.4 is 0 Å². The third-order valence-corrected chi connectivity index (χ3v) is 6.51. The summed E-state index contributed by atoms with van der Waals surface area (Å²) in [6.07, 6.45) is 3.52. The van der Waals surface area contributed by atoms with Gasteiger partial charge in [0.1, 0.15) is 11.1 Å². The van der Waals surface area contributed by atoms with Crippen molar-refractivity contribution in [3.8, 4) is 6.07 Å². The van der Waals surface area contributed by atoms with Crippen molar-refractivity contribution in [3.05, 3.63) is 40.9 Å². The Labute approximate surface area is 167 Å². The van der Waals surface area contributed by atoms with Gasteiger partial charge in [-0.2, -0.15) is 5.26 Å². The smallest absolute Gasteiger partial charge is 0.202 e. The molecule has 0 N–H and O–H groups in total.